The van der Waals surface area contributed by atoms with E-state index in [2.05, 4.69) is 22.5 Å². The van der Waals surface area contributed by atoms with E-state index in [1.165, 1.54) is 0 Å². The highest BCUT2D eigenvalue weighted by atomic mass is 35.5. The fraction of sp³-hybridized carbons (Fsp3) is 0.200. The molecule has 0 saturated carbocycles. The van der Waals surface area contributed by atoms with Gasteiger partial charge in [0.2, 0.25) is 0 Å². The zero-order valence-electron chi connectivity index (χ0n) is 11.5. The molecule has 0 fully saturated rings. The van der Waals surface area contributed by atoms with E-state index in [9.17, 15) is 4.79 Å². The Hall–Kier alpha value is -1.78. The maximum atomic E-state index is 12.1. The molecule has 1 amide bonds. The molecule has 0 aliphatic rings. The summed E-state index contributed by atoms with van der Waals surface area (Å²) in [6.07, 6.45) is 2.67. The minimum absolute atomic E-state index is 0.296. The monoisotopic (exact) mass is 323 g/mol. The van der Waals surface area contributed by atoms with Gasteiger partial charge in [-0.25, -0.2) is 4.98 Å². The molecule has 6 heteroatoms. The van der Waals surface area contributed by atoms with Gasteiger partial charge in [-0.1, -0.05) is 30.1 Å². The average Bonchev–Trinajstić information content (AvgIpc) is 2.49. The van der Waals surface area contributed by atoms with E-state index >= 15 is 0 Å². The Morgan fingerprint density at radius 2 is 1.90 bits per heavy atom. The van der Waals surface area contributed by atoms with Crippen LogP contribution in [0, 0.1) is 0 Å². The van der Waals surface area contributed by atoms with Gasteiger partial charge < -0.3 is 10.6 Å². The third-order valence-electron chi connectivity index (χ3n) is 2.75. The molecule has 0 bridgehead atoms. The second-order valence-corrected chi connectivity index (χ2v) is 5.26. The first-order valence-corrected chi connectivity index (χ1v) is 7.32. The van der Waals surface area contributed by atoms with Crippen molar-refractivity contribution in [2.75, 3.05) is 17.2 Å². The largest absolute Gasteiger partial charge is 0.384 e. The van der Waals surface area contributed by atoms with E-state index in [1.807, 2.05) is 6.07 Å². The molecular weight excluding hydrogens is 309 g/mol. The summed E-state index contributed by atoms with van der Waals surface area (Å²) in [5.41, 5.74) is 1.80. The number of halogens is 2. The van der Waals surface area contributed by atoms with Crippen molar-refractivity contribution in [1.29, 1.82) is 0 Å². The molecule has 0 radical (unpaired) electrons. The van der Waals surface area contributed by atoms with Crippen molar-refractivity contribution < 1.29 is 4.79 Å². The van der Waals surface area contributed by atoms with Crippen LogP contribution in [0.25, 0.3) is 0 Å². The minimum atomic E-state index is -0.296. The highest BCUT2D eigenvalue weighted by Gasteiger charge is 2.08. The van der Waals surface area contributed by atoms with Gasteiger partial charge in [0.15, 0.2) is 0 Å². The predicted molar refractivity (Wildman–Crippen MR) is 87.4 cm³/mol. The first kappa shape index (κ1) is 15.6. The topological polar surface area (TPSA) is 54.0 Å². The maximum Gasteiger partial charge on any atom is 0.274 e. The number of anilines is 2. The first-order valence-electron chi connectivity index (χ1n) is 6.56. The summed E-state index contributed by atoms with van der Waals surface area (Å²) in [4.78, 5) is 16.2. The summed E-state index contributed by atoms with van der Waals surface area (Å²) in [7, 11) is 0. The molecule has 1 heterocycles. The number of hydrogen-bond donors (Lipinski definition) is 2. The van der Waals surface area contributed by atoms with Crippen LogP contribution >= 0.6 is 23.2 Å². The van der Waals surface area contributed by atoms with Crippen LogP contribution in [-0.2, 0) is 0 Å². The smallest absolute Gasteiger partial charge is 0.274 e. The number of amides is 1. The summed E-state index contributed by atoms with van der Waals surface area (Å²) >= 11 is 11.7. The van der Waals surface area contributed by atoms with Crippen LogP contribution < -0.4 is 10.6 Å². The standard InChI is InChI=1S/C15H15Cl2N3O/c1-2-7-18-11-4-6-14(19-9-11)15(21)20-10-3-5-12(16)13(17)8-10/h3-6,8-9,18H,2,7H2,1H3,(H,20,21). The normalized spacial score (nSPS) is 10.2. The molecule has 0 spiro atoms. The summed E-state index contributed by atoms with van der Waals surface area (Å²) in [5.74, 6) is -0.296. The van der Waals surface area contributed by atoms with Crippen LogP contribution in [0.1, 0.15) is 23.8 Å². The molecule has 2 rings (SSSR count). The fourth-order valence-corrected chi connectivity index (χ4v) is 1.97. The van der Waals surface area contributed by atoms with Crippen molar-refractivity contribution in [3.8, 4) is 0 Å². The van der Waals surface area contributed by atoms with Crippen molar-refractivity contribution in [3.63, 3.8) is 0 Å². The lowest BCUT2D eigenvalue weighted by molar-refractivity contribution is 0.102. The summed E-state index contributed by atoms with van der Waals surface area (Å²) < 4.78 is 0. The van der Waals surface area contributed by atoms with E-state index in [4.69, 9.17) is 23.2 Å². The van der Waals surface area contributed by atoms with Crippen molar-refractivity contribution in [2.45, 2.75) is 13.3 Å². The molecule has 0 saturated heterocycles. The maximum absolute atomic E-state index is 12.1. The Morgan fingerprint density at radius 1 is 1.14 bits per heavy atom. The van der Waals surface area contributed by atoms with Gasteiger partial charge in [0.05, 0.1) is 21.9 Å². The molecule has 2 aromatic rings. The third-order valence-corrected chi connectivity index (χ3v) is 3.49. The zero-order chi connectivity index (χ0) is 15.2. The number of benzene rings is 1. The van der Waals surface area contributed by atoms with Crippen molar-refractivity contribution in [1.82, 2.24) is 4.98 Å². The van der Waals surface area contributed by atoms with Crippen LogP contribution in [0.5, 0.6) is 0 Å². The van der Waals surface area contributed by atoms with Gasteiger partial charge in [-0.05, 0) is 36.8 Å². The van der Waals surface area contributed by atoms with Crippen LogP contribution in [-0.4, -0.2) is 17.4 Å². The molecule has 0 aliphatic heterocycles. The van der Waals surface area contributed by atoms with Crippen LogP contribution in [0.2, 0.25) is 10.0 Å². The van der Waals surface area contributed by atoms with Crippen LogP contribution in [0.4, 0.5) is 11.4 Å². The molecular formula is C15H15Cl2N3O. The lowest BCUT2D eigenvalue weighted by Crippen LogP contribution is -2.13. The molecule has 110 valence electrons. The minimum Gasteiger partial charge on any atom is -0.384 e. The van der Waals surface area contributed by atoms with Gasteiger partial charge in [-0.2, -0.15) is 0 Å². The number of hydrogen-bond acceptors (Lipinski definition) is 3. The third kappa shape index (κ3) is 4.34. The van der Waals surface area contributed by atoms with Gasteiger partial charge in [0.25, 0.3) is 5.91 Å². The van der Waals surface area contributed by atoms with Crippen molar-refractivity contribution >= 4 is 40.5 Å². The number of pyridine rings is 1. The summed E-state index contributed by atoms with van der Waals surface area (Å²) in [5, 5.41) is 6.76. The van der Waals surface area contributed by atoms with Gasteiger partial charge in [0, 0.05) is 12.2 Å². The quantitative estimate of drug-likeness (QED) is 0.853. The van der Waals surface area contributed by atoms with E-state index in [0.717, 1.165) is 18.7 Å². The number of aromatic nitrogens is 1. The predicted octanol–water partition coefficient (Wildman–Crippen LogP) is 4.46. The molecule has 0 atom stereocenters. The van der Waals surface area contributed by atoms with E-state index in [0.29, 0.717) is 21.4 Å². The zero-order valence-corrected chi connectivity index (χ0v) is 13.0. The Bertz CT molecular complexity index is 629. The van der Waals surface area contributed by atoms with Gasteiger partial charge in [0.1, 0.15) is 5.69 Å². The van der Waals surface area contributed by atoms with Gasteiger partial charge in [-0.3, -0.25) is 4.79 Å². The Balaban J connectivity index is 2.04. The number of carbonyl (C=O) groups is 1. The number of nitrogens with one attached hydrogen (secondary N) is 2. The molecule has 4 nitrogen and oxygen atoms in total. The molecule has 2 N–H and O–H groups in total. The lowest BCUT2D eigenvalue weighted by Gasteiger charge is -2.07. The Kier molecular flexibility index (Phi) is 5.42. The van der Waals surface area contributed by atoms with Crippen molar-refractivity contribution in [2.24, 2.45) is 0 Å². The molecule has 21 heavy (non-hydrogen) atoms. The molecule has 1 aromatic carbocycles. The second kappa shape index (κ2) is 7.29. The SMILES string of the molecule is CCCNc1ccc(C(=O)Nc2ccc(Cl)c(Cl)c2)nc1. The van der Waals surface area contributed by atoms with Crippen LogP contribution in [0.15, 0.2) is 36.5 Å². The fourth-order valence-electron chi connectivity index (χ4n) is 1.67. The summed E-state index contributed by atoms with van der Waals surface area (Å²) in [6, 6.07) is 8.41. The van der Waals surface area contributed by atoms with Crippen molar-refractivity contribution in [3.05, 3.63) is 52.3 Å². The lowest BCUT2D eigenvalue weighted by atomic mass is 10.2. The first-order chi connectivity index (χ1) is 10.1. The summed E-state index contributed by atoms with van der Waals surface area (Å²) in [6.45, 7) is 2.95. The van der Waals surface area contributed by atoms with Gasteiger partial charge in [-0.15, -0.1) is 0 Å². The van der Waals surface area contributed by atoms with Crippen LogP contribution in [0.3, 0.4) is 0 Å². The van der Waals surface area contributed by atoms with E-state index < -0.39 is 0 Å². The number of rotatable bonds is 5. The van der Waals surface area contributed by atoms with E-state index in [-0.39, 0.29) is 5.91 Å². The van der Waals surface area contributed by atoms with E-state index in [1.54, 1.807) is 30.5 Å². The second-order valence-electron chi connectivity index (χ2n) is 4.44. The Labute approximate surface area is 133 Å². The molecule has 0 aliphatic carbocycles. The highest BCUT2D eigenvalue weighted by molar-refractivity contribution is 6.42. The molecule has 0 unspecified atom stereocenters. The Morgan fingerprint density at radius 3 is 2.52 bits per heavy atom. The highest BCUT2D eigenvalue weighted by Crippen LogP contribution is 2.25. The number of nitrogens with zero attached hydrogens (tertiary/aromatic N) is 1. The van der Waals surface area contributed by atoms with Gasteiger partial charge >= 0.3 is 0 Å². The molecule has 1 aromatic heterocycles. The number of carbonyl (C=O) groups excluding carboxylic acids is 1. The average molecular weight is 324 g/mol.